The molecule has 0 radical (unpaired) electrons. The number of rotatable bonds is 6. The molecule has 3 aliphatic rings. The Bertz CT molecular complexity index is 760. The minimum Gasteiger partial charge on any atom is -0.493 e. The third kappa shape index (κ3) is 4.06. The summed E-state index contributed by atoms with van der Waals surface area (Å²) in [5.41, 5.74) is 0.633. The number of hydrogen-bond donors (Lipinski definition) is 1. The molecule has 1 aromatic carbocycles. The van der Waals surface area contributed by atoms with Gasteiger partial charge in [0.25, 0.3) is 0 Å². The minimum absolute atomic E-state index is 0.0793. The SMILES string of the molecule is COc1ccc(C(=O)CN2CCC(N3C(=O)NC4CCCCC43)CC2)cc1OC. The largest absolute Gasteiger partial charge is 0.493 e. The molecule has 158 valence electrons. The first kappa shape index (κ1) is 20.0. The molecule has 0 bridgehead atoms. The van der Waals surface area contributed by atoms with Gasteiger partial charge in [-0.2, -0.15) is 0 Å². The third-order valence-corrected chi connectivity index (χ3v) is 6.65. The van der Waals surface area contributed by atoms with Crippen LogP contribution in [-0.4, -0.2) is 73.6 Å². The topological polar surface area (TPSA) is 71.1 Å². The van der Waals surface area contributed by atoms with Crippen molar-refractivity contribution in [2.75, 3.05) is 33.9 Å². The Balaban J connectivity index is 1.33. The molecule has 29 heavy (non-hydrogen) atoms. The minimum atomic E-state index is 0.0793. The Morgan fingerprint density at radius 3 is 2.52 bits per heavy atom. The molecule has 2 aliphatic heterocycles. The van der Waals surface area contributed by atoms with Crippen molar-refractivity contribution in [3.63, 3.8) is 0 Å². The van der Waals surface area contributed by atoms with Gasteiger partial charge < -0.3 is 19.7 Å². The lowest BCUT2D eigenvalue weighted by Gasteiger charge is -2.40. The summed E-state index contributed by atoms with van der Waals surface area (Å²) in [6.45, 7) is 2.07. The lowest BCUT2D eigenvalue weighted by Crippen LogP contribution is -2.50. The average molecular weight is 402 g/mol. The van der Waals surface area contributed by atoms with Gasteiger partial charge in [0.1, 0.15) is 0 Å². The van der Waals surface area contributed by atoms with Crippen LogP contribution >= 0.6 is 0 Å². The molecule has 3 fully saturated rings. The molecule has 2 saturated heterocycles. The molecule has 2 amide bonds. The fourth-order valence-electron chi connectivity index (χ4n) is 5.09. The summed E-state index contributed by atoms with van der Waals surface area (Å²) < 4.78 is 10.6. The maximum atomic E-state index is 12.7. The van der Waals surface area contributed by atoms with E-state index in [2.05, 4.69) is 15.1 Å². The maximum absolute atomic E-state index is 12.7. The Kier molecular flexibility index (Phi) is 5.94. The number of piperidine rings is 1. The van der Waals surface area contributed by atoms with Crippen molar-refractivity contribution >= 4 is 11.8 Å². The van der Waals surface area contributed by atoms with Gasteiger partial charge in [-0.1, -0.05) is 12.8 Å². The number of carbonyl (C=O) groups excluding carboxylic acids is 2. The summed E-state index contributed by atoms with van der Waals surface area (Å²) in [6.07, 6.45) is 6.50. The number of benzene rings is 1. The van der Waals surface area contributed by atoms with E-state index in [0.29, 0.717) is 35.7 Å². The first-order valence-electron chi connectivity index (χ1n) is 10.7. The van der Waals surface area contributed by atoms with Crippen LogP contribution in [0.25, 0.3) is 0 Å². The number of fused-ring (bicyclic) bond motifs is 1. The van der Waals surface area contributed by atoms with Crippen molar-refractivity contribution in [3.8, 4) is 11.5 Å². The monoisotopic (exact) mass is 401 g/mol. The molecule has 1 aliphatic carbocycles. The van der Waals surface area contributed by atoms with Gasteiger partial charge in [0.15, 0.2) is 17.3 Å². The van der Waals surface area contributed by atoms with E-state index in [1.54, 1.807) is 32.4 Å². The van der Waals surface area contributed by atoms with Gasteiger partial charge in [0, 0.05) is 24.7 Å². The highest BCUT2D eigenvalue weighted by Crippen LogP contribution is 2.32. The van der Waals surface area contributed by atoms with E-state index in [9.17, 15) is 9.59 Å². The molecule has 4 rings (SSSR count). The number of methoxy groups -OCH3 is 2. The number of Topliss-reactive ketones (excluding diaryl/α,β-unsaturated/α-hetero) is 1. The van der Waals surface area contributed by atoms with Gasteiger partial charge in [-0.25, -0.2) is 4.79 Å². The van der Waals surface area contributed by atoms with E-state index in [0.717, 1.165) is 38.8 Å². The molecular formula is C22H31N3O4. The second-order valence-electron chi connectivity index (χ2n) is 8.32. The van der Waals surface area contributed by atoms with Gasteiger partial charge in [-0.15, -0.1) is 0 Å². The van der Waals surface area contributed by atoms with Gasteiger partial charge >= 0.3 is 6.03 Å². The van der Waals surface area contributed by atoms with E-state index < -0.39 is 0 Å². The Hall–Kier alpha value is -2.28. The van der Waals surface area contributed by atoms with Crippen LogP contribution in [0.3, 0.4) is 0 Å². The zero-order chi connectivity index (χ0) is 20.4. The lowest BCUT2D eigenvalue weighted by molar-refractivity contribution is 0.0813. The van der Waals surface area contributed by atoms with Gasteiger partial charge in [0.2, 0.25) is 0 Å². The summed E-state index contributed by atoms with van der Waals surface area (Å²) in [5, 5.41) is 3.19. The number of hydrogen-bond acceptors (Lipinski definition) is 5. The molecule has 7 nitrogen and oxygen atoms in total. The molecule has 1 saturated carbocycles. The normalized spacial score (nSPS) is 25.4. The first-order valence-corrected chi connectivity index (χ1v) is 10.7. The second-order valence-corrected chi connectivity index (χ2v) is 8.32. The number of amides is 2. The second kappa shape index (κ2) is 8.61. The van der Waals surface area contributed by atoms with Crippen molar-refractivity contribution in [2.24, 2.45) is 0 Å². The average Bonchev–Trinajstić information content (AvgIpc) is 3.09. The van der Waals surface area contributed by atoms with Gasteiger partial charge in [0.05, 0.1) is 32.8 Å². The lowest BCUT2D eigenvalue weighted by atomic mass is 9.89. The molecule has 2 unspecified atom stereocenters. The fraction of sp³-hybridized carbons (Fsp3) is 0.636. The number of urea groups is 1. The number of nitrogens with zero attached hydrogens (tertiary/aromatic N) is 2. The van der Waals surface area contributed by atoms with Crippen molar-refractivity contribution < 1.29 is 19.1 Å². The van der Waals surface area contributed by atoms with E-state index in [4.69, 9.17) is 9.47 Å². The molecule has 0 aromatic heterocycles. The predicted octanol–water partition coefficient (Wildman–Crippen LogP) is 2.69. The zero-order valence-electron chi connectivity index (χ0n) is 17.4. The van der Waals surface area contributed by atoms with Gasteiger partial charge in [-0.3, -0.25) is 9.69 Å². The van der Waals surface area contributed by atoms with E-state index in [-0.39, 0.29) is 17.9 Å². The standard InChI is InChI=1S/C22H31N3O4/c1-28-20-8-7-15(13-21(20)29-2)19(26)14-24-11-9-16(10-12-24)25-18-6-4-3-5-17(18)23-22(25)27/h7-8,13,16-18H,3-6,9-12,14H2,1-2H3,(H,23,27). The Morgan fingerprint density at radius 1 is 1.07 bits per heavy atom. The van der Waals surface area contributed by atoms with Crippen molar-refractivity contribution in [3.05, 3.63) is 23.8 Å². The smallest absolute Gasteiger partial charge is 0.318 e. The molecular weight excluding hydrogens is 370 g/mol. The van der Waals surface area contributed by atoms with Gasteiger partial charge in [-0.05, 0) is 43.9 Å². The summed E-state index contributed by atoms with van der Waals surface area (Å²) in [5.74, 6) is 1.27. The molecule has 0 spiro atoms. The number of nitrogens with one attached hydrogen (secondary N) is 1. The summed E-state index contributed by atoms with van der Waals surface area (Å²) in [6, 6.07) is 6.39. The zero-order valence-corrected chi connectivity index (χ0v) is 17.4. The van der Waals surface area contributed by atoms with E-state index in [1.165, 1.54) is 12.8 Å². The molecule has 2 heterocycles. The Labute approximate surface area is 172 Å². The first-order chi connectivity index (χ1) is 14.1. The third-order valence-electron chi connectivity index (χ3n) is 6.65. The van der Waals surface area contributed by atoms with Crippen LogP contribution in [0.5, 0.6) is 11.5 Å². The molecule has 2 atom stereocenters. The summed E-state index contributed by atoms with van der Waals surface area (Å²) in [7, 11) is 3.15. The summed E-state index contributed by atoms with van der Waals surface area (Å²) in [4.78, 5) is 29.6. The van der Waals surface area contributed by atoms with E-state index in [1.807, 2.05) is 0 Å². The number of likely N-dealkylation sites (tertiary alicyclic amines) is 1. The molecule has 1 N–H and O–H groups in total. The number of ether oxygens (including phenoxy) is 2. The van der Waals surface area contributed by atoms with Crippen molar-refractivity contribution in [1.82, 2.24) is 15.1 Å². The highest BCUT2D eigenvalue weighted by atomic mass is 16.5. The molecule has 1 aromatic rings. The maximum Gasteiger partial charge on any atom is 0.318 e. The van der Waals surface area contributed by atoms with Crippen LogP contribution in [0.4, 0.5) is 4.79 Å². The Morgan fingerprint density at radius 2 is 1.79 bits per heavy atom. The highest BCUT2D eigenvalue weighted by Gasteiger charge is 2.44. The number of carbonyl (C=O) groups is 2. The fourth-order valence-corrected chi connectivity index (χ4v) is 5.09. The van der Waals surface area contributed by atoms with Crippen LogP contribution in [0, 0.1) is 0 Å². The van der Waals surface area contributed by atoms with Crippen LogP contribution in [0.2, 0.25) is 0 Å². The quantitative estimate of drug-likeness (QED) is 0.742. The van der Waals surface area contributed by atoms with Crippen LogP contribution in [0.1, 0.15) is 48.9 Å². The predicted molar refractivity (Wildman–Crippen MR) is 110 cm³/mol. The highest BCUT2D eigenvalue weighted by molar-refractivity contribution is 5.98. The summed E-state index contributed by atoms with van der Waals surface area (Å²) >= 11 is 0. The van der Waals surface area contributed by atoms with Crippen molar-refractivity contribution in [1.29, 1.82) is 0 Å². The van der Waals surface area contributed by atoms with Crippen LogP contribution in [-0.2, 0) is 0 Å². The molecule has 7 heteroatoms. The van der Waals surface area contributed by atoms with Crippen molar-refractivity contribution in [2.45, 2.75) is 56.7 Å². The van der Waals surface area contributed by atoms with Crippen LogP contribution < -0.4 is 14.8 Å². The van der Waals surface area contributed by atoms with E-state index >= 15 is 0 Å². The van der Waals surface area contributed by atoms with Crippen LogP contribution in [0.15, 0.2) is 18.2 Å². The number of ketones is 1.